The van der Waals surface area contributed by atoms with Gasteiger partial charge < -0.3 is 9.32 Å². The second kappa shape index (κ2) is 6.71. The molecule has 2 aliphatic heterocycles. The van der Waals surface area contributed by atoms with E-state index in [0.29, 0.717) is 17.9 Å². The van der Waals surface area contributed by atoms with Crippen molar-refractivity contribution in [2.24, 2.45) is 5.92 Å². The zero-order valence-electron chi connectivity index (χ0n) is 15.8. The van der Waals surface area contributed by atoms with Gasteiger partial charge in [0.1, 0.15) is 0 Å². The molecule has 2 aromatic rings. The van der Waals surface area contributed by atoms with Crippen molar-refractivity contribution < 1.29 is 9.21 Å². The number of carbonyl (C=O) groups is 1. The lowest BCUT2D eigenvalue weighted by Gasteiger charge is -2.41. The minimum absolute atomic E-state index is 0.102. The van der Waals surface area contributed by atoms with Crippen LogP contribution in [0.2, 0.25) is 0 Å². The smallest absolute Gasteiger partial charge is 0.254 e. The molecule has 0 bridgehead atoms. The normalized spacial score (nSPS) is 29.4. The number of hydrogen-bond donors (Lipinski definition) is 0. The molecular formula is C20H26N4O2S. The number of piperidine rings is 1. The molecule has 3 aliphatic rings. The summed E-state index contributed by atoms with van der Waals surface area (Å²) in [5.41, 5.74) is 0.710. The van der Waals surface area contributed by atoms with Gasteiger partial charge in [-0.15, -0.1) is 10.2 Å². The lowest BCUT2D eigenvalue weighted by atomic mass is 9.72. The molecule has 4 heterocycles. The summed E-state index contributed by atoms with van der Waals surface area (Å²) in [6.07, 6.45) is 6.16. The fourth-order valence-electron chi connectivity index (χ4n) is 5.37. The first-order valence-electron chi connectivity index (χ1n) is 10.0. The van der Waals surface area contributed by atoms with Gasteiger partial charge in [-0.25, -0.2) is 0 Å². The fourth-order valence-corrected chi connectivity index (χ4v) is 6.00. The van der Waals surface area contributed by atoms with E-state index < -0.39 is 0 Å². The first-order chi connectivity index (χ1) is 13.2. The van der Waals surface area contributed by atoms with Gasteiger partial charge in [-0.1, -0.05) is 12.8 Å². The Hall–Kier alpha value is -1.73. The predicted molar refractivity (Wildman–Crippen MR) is 103 cm³/mol. The van der Waals surface area contributed by atoms with Gasteiger partial charge in [0.05, 0.1) is 11.0 Å². The Morgan fingerprint density at radius 3 is 2.85 bits per heavy atom. The molecule has 2 aromatic heterocycles. The molecule has 0 unspecified atom stereocenters. The monoisotopic (exact) mass is 386 g/mol. The number of rotatable bonds is 3. The highest BCUT2D eigenvalue weighted by Gasteiger charge is 2.55. The van der Waals surface area contributed by atoms with E-state index in [9.17, 15) is 4.79 Å². The Labute approximate surface area is 163 Å². The van der Waals surface area contributed by atoms with Crippen LogP contribution in [0, 0.1) is 12.8 Å². The molecule has 2 saturated heterocycles. The Bertz CT molecular complexity index is 814. The Kier molecular flexibility index (Phi) is 4.31. The van der Waals surface area contributed by atoms with Crippen LogP contribution in [0.15, 0.2) is 21.2 Å². The second-order valence-corrected chi connectivity index (χ2v) is 9.14. The van der Waals surface area contributed by atoms with E-state index in [1.54, 1.807) is 11.3 Å². The third kappa shape index (κ3) is 2.91. The number of hydrogen-bond acceptors (Lipinski definition) is 6. The maximum atomic E-state index is 12.9. The summed E-state index contributed by atoms with van der Waals surface area (Å²) in [7, 11) is 0. The molecule has 0 aromatic carbocycles. The molecule has 0 spiro atoms. The Balaban J connectivity index is 1.42. The first kappa shape index (κ1) is 17.4. The molecule has 27 heavy (non-hydrogen) atoms. The third-order valence-electron chi connectivity index (χ3n) is 6.84. The van der Waals surface area contributed by atoms with Crippen LogP contribution in [-0.4, -0.2) is 58.1 Å². The van der Waals surface area contributed by atoms with Gasteiger partial charge in [0.15, 0.2) is 0 Å². The van der Waals surface area contributed by atoms with Crippen molar-refractivity contribution in [1.82, 2.24) is 20.0 Å². The topological polar surface area (TPSA) is 62.5 Å². The third-order valence-corrected chi connectivity index (χ3v) is 7.52. The van der Waals surface area contributed by atoms with Gasteiger partial charge in [0, 0.05) is 50.4 Å². The van der Waals surface area contributed by atoms with Gasteiger partial charge in [-0.3, -0.25) is 9.69 Å². The van der Waals surface area contributed by atoms with Crippen molar-refractivity contribution in [3.63, 3.8) is 0 Å². The molecule has 3 fully saturated rings. The van der Waals surface area contributed by atoms with E-state index in [1.807, 2.05) is 28.7 Å². The summed E-state index contributed by atoms with van der Waals surface area (Å²) in [5.74, 6) is 1.93. The van der Waals surface area contributed by atoms with Crippen LogP contribution in [-0.2, 0) is 5.41 Å². The molecule has 5 rings (SSSR count). The zero-order valence-corrected chi connectivity index (χ0v) is 16.6. The van der Waals surface area contributed by atoms with E-state index in [1.165, 1.54) is 25.7 Å². The molecular weight excluding hydrogens is 360 g/mol. The highest BCUT2D eigenvalue weighted by atomic mass is 32.1. The number of likely N-dealkylation sites (tertiary alicyclic amines) is 2. The number of thiophene rings is 1. The molecule has 144 valence electrons. The van der Waals surface area contributed by atoms with Gasteiger partial charge in [-0.05, 0) is 30.7 Å². The van der Waals surface area contributed by atoms with Crippen LogP contribution in [0.4, 0.5) is 0 Å². The summed E-state index contributed by atoms with van der Waals surface area (Å²) in [5, 5.41) is 12.5. The van der Waals surface area contributed by atoms with Gasteiger partial charge >= 0.3 is 0 Å². The van der Waals surface area contributed by atoms with E-state index in [-0.39, 0.29) is 11.3 Å². The van der Waals surface area contributed by atoms with Gasteiger partial charge in [-0.2, -0.15) is 11.3 Å². The maximum Gasteiger partial charge on any atom is 0.254 e. The molecule has 0 N–H and O–H groups in total. The first-order valence-corrected chi connectivity index (χ1v) is 11.0. The van der Waals surface area contributed by atoms with Crippen LogP contribution < -0.4 is 0 Å². The average Bonchev–Trinajstić information content (AvgIpc) is 3.46. The van der Waals surface area contributed by atoms with E-state index in [2.05, 4.69) is 15.1 Å². The van der Waals surface area contributed by atoms with Crippen LogP contribution >= 0.6 is 11.3 Å². The van der Waals surface area contributed by atoms with Crippen molar-refractivity contribution in [3.8, 4) is 0 Å². The number of fused-ring (bicyclic) bond motifs is 1. The number of aromatic nitrogens is 2. The maximum absolute atomic E-state index is 12.9. The Morgan fingerprint density at radius 1 is 1.30 bits per heavy atom. The molecule has 6 nitrogen and oxygen atoms in total. The predicted octanol–water partition coefficient (Wildman–Crippen LogP) is 3.10. The molecule has 1 aliphatic carbocycles. The lowest BCUT2D eigenvalue weighted by molar-refractivity contribution is 0.0568. The van der Waals surface area contributed by atoms with Crippen molar-refractivity contribution in [2.75, 3.05) is 26.2 Å². The highest BCUT2D eigenvalue weighted by Crippen LogP contribution is 2.46. The summed E-state index contributed by atoms with van der Waals surface area (Å²) < 4.78 is 5.96. The quantitative estimate of drug-likeness (QED) is 0.811. The van der Waals surface area contributed by atoms with Gasteiger partial charge in [0.2, 0.25) is 11.8 Å². The van der Waals surface area contributed by atoms with Crippen molar-refractivity contribution in [2.45, 2.75) is 50.5 Å². The number of aryl methyl sites for hydroxylation is 1. The average molecular weight is 387 g/mol. The van der Waals surface area contributed by atoms with E-state index >= 15 is 0 Å². The second-order valence-electron chi connectivity index (χ2n) is 8.36. The van der Waals surface area contributed by atoms with E-state index in [0.717, 1.165) is 44.1 Å². The van der Waals surface area contributed by atoms with Crippen LogP contribution in [0.1, 0.15) is 54.2 Å². The summed E-state index contributed by atoms with van der Waals surface area (Å²) in [6, 6.07) is 2.60. The SMILES string of the molecule is Cc1nnc([C@]23CCN(C(=O)c4ccsc4)C[C@H]2CN(C2CCCC2)C3)o1. The van der Waals surface area contributed by atoms with Crippen molar-refractivity contribution in [3.05, 3.63) is 34.2 Å². The number of nitrogens with zero attached hydrogens (tertiary/aromatic N) is 4. The van der Waals surface area contributed by atoms with Crippen LogP contribution in [0.3, 0.4) is 0 Å². The van der Waals surface area contributed by atoms with Crippen molar-refractivity contribution in [1.29, 1.82) is 0 Å². The minimum atomic E-state index is -0.102. The molecule has 7 heteroatoms. The minimum Gasteiger partial charge on any atom is -0.425 e. The Morgan fingerprint density at radius 2 is 2.15 bits per heavy atom. The highest BCUT2D eigenvalue weighted by molar-refractivity contribution is 7.08. The van der Waals surface area contributed by atoms with Crippen molar-refractivity contribution >= 4 is 17.2 Å². The summed E-state index contributed by atoms with van der Waals surface area (Å²) in [4.78, 5) is 17.6. The summed E-state index contributed by atoms with van der Waals surface area (Å²) in [6.45, 7) is 5.41. The lowest BCUT2D eigenvalue weighted by Crippen LogP contribution is -2.51. The van der Waals surface area contributed by atoms with Crippen LogP contribution in [0.5, 0.6) is 0 Å². The van der Waals surface area contributed by atoms with E-state index in [4.69, 9.17) is 4.42 Å². The molecule has 1 amide bonds. The summed E-state index contributed by atoms with van der Waals surface area (Å²) >= 11 is 1.58. The number of carbonyl (C=O) groups excluding carboxylic acids is 1. The molecule has 2 atom stereocenters. The largest absolute Gasteiger partial charge is 0.425 e. The molecule has 1 saturated carbocycles. The molecule has 0 radical (unpaired) electrons. The fraction of sp³-hybridized carbons (Fsp3) is 0.650. The van der Waals surface area contributed by atoms with Crippen LogP contribution in [0.25, 0.3) is 0 Å². The zero-order chi connectivity index (χ0) is 18.4. The number of amides is 1. The van der Waals surface area contributed by atoms with Gasteiger partial charge in [0.25, 0.3) is 5.91 Å². The standard InChI is InChI=1S/C20H26N4O2S/c1-14-21-22-19(26-14)20-7-8-23(18(25)15-6-9-27-12-15)10-16(20)11-24(13-20)17-4-2-3-5-17/h6,9,12,16-17H,2-5,7-8,10-11,13H2,1H3/t16-,20-/m0/s1.